The Labute approximate surface area is 118 Å². The van der Waals surface area contributed by atoms with Gasteiger partial charge in [0.25, 0.3) is 0 Å². The average Bonchev–Trinajstić information content (AvgIpc) is 2.37. The van der Waals surface area contributed by atoms with Gasteiger partial charge in [-0.05, 0) is 46.4 Å². The number of ether oxygens (including phenoxy) is 1. The second kappa shape index (κ2) is 5.95. The first-order valence-corrected chi connectivity index (χ1v) is 6.41. The molecule has 0 fully saturated rings. The highest BCUT2D eigenvalue weighted by molar-refractivity contribution is 14.1. The molecule has 2 rings (SSSR count). The molecular weight excluding hydrogens is 346 g/mol. The molecule has 0 radical (unpaired) electrons. The predicted molar refractivity (Wildman–Crippen MR) is 74.7 cm³/mol. The average molecular weight is 356 g/mol. The summed E-state index contributed by atoms with van der Waals surface area (Å²) in [5.41, 5.74) is 0.836. The van der Waals surface area contributed by atoms with E-state index in [4.69, 9.17) is 4.74 Å². The van der Waals surface area contributed by atoms with E-state index in [0.29, 0.717) is 0 Å². The van der Waals surface area contributed by atoms with E-state index in [1.165, 1.54) is 12.1 Å². The molecular formula is C14H10FIO2. The molecule has 92 valence electrons. The van der Waals surface area contributed by atoms with Gasteiger partial charge in [-0.3, -0.25) is 0 Å². The lowest BCUT2D eigenvalue weighted by atomic mass is 10.2. The molecule has 2 aromatic rings. The van der Waals surface area contributed by atoms with E-state index in [2.05, 4.69) is 0 Å². The number of halogens is 2. The zero-order chi connectivity index (χ0) is 13.0. The lowest BCUT2D eigenvalue weighted by Gasteiger charge is -2.06. The van der Waals surface area contributed by atoms with E-state index in [0.717, 1.165) is 9.13 Å². The Kier molecular flexibility index (Phi) is 4.30. The van der Waals surface area contributed by atoms with Crippen LogP contribution in [0.2, 0.25) is 0 Å². The highest BCUT2D eigenvalue weighted by atomic mass is 127. The van der Waals surface area contributed by atoms with E-state index < -0.39 is 11.8 Å². The number of carbonyl (C=O) groups is 1. The van der Waals surface area contributed by atoms with Crippen molar-refractivity contribution in [2.24, 2.45) is 0 Å². The summed E-state index contributed by atoms with van der Waals surface area (Å²) in [6, 6.07) is 13.7. The van der Waals surface area contributed by atoms with Gasteiger partial charge in [-0.2, -0.15) is 0 Å². The molecule has 2 aromatic carbocycles. The molecule has 0 aromatic heterocycles. The SMILES string of the molecule is O=C(OCc1ccccc1)c1ccc(I)cc1F. The van der Waals surface area contributed by atoms with Gasteiger partial charge in [-0.25, -0.2) is 9.18 Å². The number of hydrogen-bond acceptors (Lipinski definition) is 2. The Morgan fingerprint density at radius 2 is 1.89 bits per heavy atom. The summed E-state index contributed by atoms with van der Waals surface area (Å²) in [4.78, 5) is 11.7. The van der Waals surface area contributed by atoms with Gasteiger partial charge >= 0.3 is 5.97 Å². The minimum Gasteiger partial charge on any atom is -0.457 e. The summed E-state index contributed by atoms with van der Waals surface area (Å²) < 4.78 is 19.3. The van der Waals surface area contributed by atoms with Crippen LogP contribution in [0, 0.1) is 9.39 Å². The number of esters is 1. The molecule has 0 aliphatic carbocycles. The molecule has 0 atom stereocenters. The highest BCUT2D eigenvalue weighted by Crippen LogP contribution is 2.14. The van der Waals surface area contributed by atoms with E-state index in [9.17, 15) is 9.18 Å². The molecule has 0 saturated heterocycles. The quantitative estimate of drug-likeness (QED) is 0.618. The molecule has 0 spiro atoms. The summed E-state index contributed by atoms with van der Waals surface area (Å²) in [7, 11) is 0. The van der Waals surface area contributed by atoms with E-state index >= 15 is 0 Å². The molecule has 0 bridgehead atoms. The normalized spacial score (nSPS) is 10.1. The van der Waals surface area contributed by atoms with Gasteiger partial charge < -0.3 is 4.74 Å². The Balaban J connectivity index is 2.04. The largest absolute Gasteiger partial charge is 0.457 e. The van der Waals surface area contributed by atoms with Gasteiger partial charge in [-0.1, -0.05) is 30.3 Å². The van der Waals surface area contributed by atoms with Crippen molar-refractivity contribution in [2.45, 2.75) is 6.61 Å². The molecule has 2 nitrogen and oxygen atoms in total. The van der Waals surface area contributed by atoms with Crippen molar-refractivity contribution in [1.82, 2.24) is 0 Å². The highest BCUT2D eigenvalue weighted by Gasteiger charge is 2.13. The lowest BCUT2D eigenvalue weighted by molar-refractivity contribution is 0.0467. The molecule has 0 unspecified atom stereocenters. The predicted octanol–water partition coefficient (Wildman–Crippen LogP) is 3.79. The van der Waals surface area contributed by atoms with Crippen LogP contribution in [0.5, 0.6) is 0 Å². The third-order valence-electron chi connectivity index (χ3n) is 2.36. The van der Waals surface area contributed by atoms with Crippen LogP contribution in [0.25, 0.3) is 0 Å². The summed E-state index contributed by atoms with van der Waals surface area (Å²) >= 11 is 1.98. The standard InChI is InChI=1S/C14H10FIO2/c15-13-8-11(16)6-7-12(13)14(17)18-9-10-4-2-1-3-5-10/h1-8H,9H2. The third-order valence-corrected chi connectivity index (χ3v) is 3.03. The zero-order valence-corrected chi connectivity index (χ0v) is 11.6. The molecule has 0 aliphatic heterocycles. The maximum Gasteiger partial charge on any atom is 0.341 e. The van der Waals surface area contributed by atoms with Crippen LogP contribution in [0.1, 0.15) is 15.9 Å². The van der Waals surface area contributed by atoms with Crippen molar-refractivity contribution >= 4 is 28.6 Å². The number of hydrogen-bond donors (Lipinski definition) is 0. The van der Waals surface area contributed by atoms with Crippen LogP contribution in [0.3, 0.4) is 0 Å². The van der Waals surface area contributed by atoms with Crippen LogP contribution in [-0.2, 0) is 11.3 Å². The fourth-order valence-corrected chi connectivity index (χ4v) is 1.91. The van der Waals surface area contributed by atoms with E-state index in [-0.39, 0.29) is 12.2 Å². The van der Waals surface area contributed by atoms with Crippen LogP contribution in [0.15, 0.2) is 48.5 Å². The molecule has 0 aliphatic rings. The summed E-state index contributed by atoms with van der Waals surface area (Å²) in [6.45, 7) is 0.144. The minimum atomic E-state index is -0.646. The zero-order valence-electron chi connectivity index (χ0n) is 9.40. The second-order valence-corrected chi connectivity index (χ2v) is 4.93. The van der Waals surface area contributed by atoms with Crippen molar-refractivity contribution in [3.05, 3.63) is 69.0 Å². The van der Waals surface area contributed by atoms with Gasteiger partial charge in [-0.15, -0.1) is 0 Å². The molecule has 4 heteroatoms. The number of benzene rings is 2. The molecule has 0 N–H and O–H groups in total. The lowest BCUT2D eigenvalue weighted by Crippen LogP contribution is -2.07. The fourth-order valence-electron chi connectivity index (χ4n) is 1.46. The number of carbonyl (C=O) groups excluding carboxylic acids is 1. The Morgan fingerprint density at radius 3 is 2.56 bits per heavy atom. The van der Waals surface area contributed by atoms with Crippen molar-refractivity contribution in [3.8, 4) is 0 Å². The fraction of sp³-hybridized carbons (Fsp3) is 0.0714. The van der Waals surface area contributed by atoms with E-state index in [1.54, 1.807) is 6.07 Å². The van der Waals surface area contributed by atoms with Crippen LogP contribution >= 0.6 is 22.6 Å². The minimum absolute atomic E-state index is 0.0358. The van der Waals surface area contributed by atoms with Gasteiger partial charge in [0.05, 0.1) is 5.56 Å². The molecule has 18 heavy (non-hydrogen) atoms. The summed E-state index contributed by atoms with van der Waals surface area (Å²) in [6.07, 6.45) is 0. The smallest absolute Gasteiger partial charge is 0.341 e. The van der Waals surface area contributed by atoms with Gasteiger partial charge in [0.2, 0.25) is 0 Å². The first kappa shape index (κ1) is 13.0. The Morgan fingerprint density at radius 1 is 1.17 bits per heavy atom. The van der Waals surface area contributed by atoms with Crippen LogP contribution < -0.4 is 0 Å². The third kappa shape index (κ3) is 3.29. The van der Waals surface area contributed by atoms with Crippen molar-refractivity contribution in [3.63, 3.8) is 0 Å². The van der Waals surface area contributed by atoms with Crippen molar-refractivity contribution in [2.75, 3.05) is 0 Å². The summed E-state index contributed by atoms with van der Waals surface area (Å²) in [5, 5.41) is 0. The monoisotopic (exact) mass is 356 g/mol. The molecule has 0 amide bonds. The van der Waals surface area contributed by atoms with Crippen molar-refractivity contribution < 1.29 is 13.9 Å². The van der Waals surface area contributed by atoms with E-state index in [1.807, 2.05) is 52.9 Å². The van der Waals surface area contributed by atoms with Gasteiger partial charge in [0, 0.05) is 3.57 Å². The molecule has 0 heterocycles. The Hall–Kier alpha value is -1.43. The van der Waals surface area contributed by atoms with Gasteiger partial charge in [0.1, 0.15) is 12.4 Å². The number of rotatable bonds is 3. The van der Waals surface area contributed by atoms with Gasteiger partial charge in [0.15, 0.2) is 0 Å². The first-order chi connectivity index (χ1) is 8.66. The summed E-state index contributed by atoms with van der Waals surface area (Å²) in [5.74, 6) is -1.20. The van der Waals surface area contributed by atoms with Crippen molar-refractivity contribution in [1.29, 1.82) is 0 Å². The maximum absolute atomic E-state index is 13.5. The first-order valence-electron chi connectivity index (χ1n) is 5.33. The Bertz CT molecular complexity index is 555. The second-order valence-electron chi connectivity index (χ2n) is 3.69. The van der Waals surface area contributed by atoms with Crippen LogP contribution in [-0.4, -0.2) is 5.97 Å². The maximum atomic E-state index is 13.5. The molecule has 0 saturated carbocycles. The topological polar surface area (TPSA) is 26.3 Å². The van der Waals surface area contributed by atoms with Crippen LogP contribution in [0.4, 0.5) is 4.39 Å².